The minimum atomic E-state index is -0.677. The summed E-state index contributed by atoms with van der Waals surface area (Å²) in [7, 11) is 0. The summed E-state index contributed by atoms with van der Waals surface area (Å²) in [5.74, 6) is -0.283. The maximum atomic E-state index is 13.0. The zero-order valence-electron chi connectivity index (χ0n) is 20.7. The number of hydrogen-bond acceptors (Lipinski definition) is 4. The van der Waals surface area contributed by atoms with Crippen molar-refractivity contribution in [2.75, 3.05) is 23.8 Å². The van der Waals surface area contributed by atoms with Gasteiger partial charge in [-0.05, 0) is 55.2 Å². The van der Waals surface area contributed by atoms with E-state index in [0.29, 0.717) is 44.8 Å². The third-order valence-electron chi connectivity index (χ3n) is 5.49. The fourth-order valence-corrected chi connectivity index (χ4v) is 4.03. The van der Waals surface area contributed by atoms with Crippen molar-refractivity contribution in [1.29, 1.82) is 0 Å². The van der Waals surface area contributed by atoms with E-state index in [4.69, 9.17) is 27.9 Å². The van der Waals surface area contributed by atoms with Gasteiger partial charge in [0.2, 0.25) is 0 Å². The molecule has 1 heterocycles. The monoisotopic (exact) mass is 532 g/mol. The molecule has 0 saturated carbocycles. The number of rotatable bonds is 8. The highest BCUT2D eigenvalue weighted by atomic mass is 35.5. The highest BCUT2D eigenvalue weighted by Crippen LogP contribution is 2.32. The molecular weight excluding hydrogens is 503 g/mol. The molecule has 1 atom stereocenters. The Labute approximate surface area is 221 Å². The van der Waals surface area contributed by atoms with Crippen LogP contribution in [0.1, 0.15) is 45.7 Å². The van der Waals surface area contributed by atoms with Crippen LogP contribution in [-0.4, -0.2) is 36.1 Å². The Morgan fingerprint density at radius 2 is 1.69 bits per heavy atom. The van der Waals surface area contributed by atoms with Crippen LogP contribution >= 0.6 is 23.2 Å². The molecule has 4 amide bonds. The van der Waals surface area contributed by atoms with E-state index in [1.165, 1.54) is 0 Å². The summed E-state index contributed by atoms with van der Waals surface area (Å²) >= 11 is 11.9. The standard InChI is InChI=1S/C26H30Cl2N4O4/c1-5-12-32-16(4)22(24(33)36-14-15(2)3)23(31-26(32)35)17-6-8-18(9-7-17)29-25(34)30-19-10-11-20(27)21(28)13-19/h6-11,13,15,23H,5,12,14H2,1-4H3,(H,31,35)(H2,29,30,34)/t23-/m1/s1. The first-order chi connectivity index (χ1) is 17.1. The molecule has 0 aromatic heterocycles. The molecule has 3 N–H and O–H groups in total. The van der Waals surface area contributed by atoms with Crippen molar-refractivity contribution in [1.82, 2.24) is 10.2 Å². The Kier molecular flexibility index (Phi) is 9.23. The van der Waals surface area contributed by atoms with E-state index in [2.05, 4.69) is 16.0 Å². The van der Waals surface area contributed by atoms with Gasteiger partial charge in [0.1, 0.15) is 0 Å². The van der Waals surface area contributed by atoms with Gasteiger partial charge in [0.05, 0.1) is 28.3 Å². The molecule has 0 radical (unpaired) electrons. The molecular formula is C26H30Cl2N4O4. The zero-order valence-corrected chi connectivity index (χ0v) is 22.2. The Morgan fingerprint density at radius 3 is 2.31 bits per heavy atom. The molecule has 1 aliphatic heterocycles. The normalized spacial score (nSPS) is 15.6. The van der Waals surface area contributed by atoms with Crippen molar-refractivity contribution in [3.05, 3.63) is 69.3 Å². The van der Waals surface area contributed by atoms with Crippen LogP contribution in [0.2, 0.25) is 10.0 Å². The number of nitrogens with zero attached hydrogens (tertiary/aromatic N) is 1. The second kappa shape index (κ2) is 12.1. The largest absolute Gasteiger partial charge is 0.462 e. The molecule has 0 spiro atoms. The second-order valence-electron chi connectivity index (χ2n) is 8.86. The van der Waals surface area contributed by atoms with Gasteiger partial charge in [-0.2, -0.15) is 0 Å². The third-order valence-corrected chi connectivity index (χ3v) is 6.23. The summed E-state index contributed by atoms with van der Waals surface area (Å²) in [6, 6.07) is 10.3. The summed E-state index contributed by atoms with van der Waals surface area (Å²) in [5.41, 5.74) is 2.66. The first kappa shape index (κ1) is 27.4. The fourth-order valence-electron chi connectivity index (χ4n) is 3.73. The number of amides is 4. The lowest BCUT2D eigenvalue weighted by atomic mass is 9.94. The number of carbonyl (C=O) groups is 3. The number of anilines is 2. The van der Waals surface area contributed by atoms with Crippen molar-refractivity contribution in [2.45, 2.75) is 40.2 Å². The van der Waals surface area contributed by atoms with Gasteiger partial charge in [-0.25, -0.2) is 14.4 Å². The predicted octanol–water partition coefficient (Wildman–Crippen LogP) is 6.59. The van der Waals surface area contributed by atoms with Gasteiger partial charge in [-0.1, -0.05) is 56.1 Å². The minimum absolute atomic E-state index is 0.179. The zero-order chi connectivity index (χ0) is 26.4. The number of esters is 1. The number of benzene rings is 2. The first-order valence-corrected chi connectivity index (χ1v) is 12.4. The first-order valence-electron chi connectivity index (χ1n) is 11.7. The lowest BCUT2D eigenvalue weighted by molar-refractivity contribution is -0.140. The molecule has 192 valence electrons. The van der Waals surface area contributed by atoms with Crippen LogP contribution in [-0.2, 0) is 9.53 Å². The van der Waals surface area contributed by atoms with Crippen LogP contribution in [0.25, 0.3) is 0 Å². The minimum Gasteiger partial charge on any atom is -0.462 e. The van der Waals surface area contributed by atoms with Crippen molar-refractivity contribution in [3.63, 3.8) is 0 Å². The third kappa shape index (κ3) is 6.71. The Bertz CT molecular complexity index is 1170. The molecule has 3 rings (SSSR count). The summed E-state index contributed by atoms with van der Waals surface area (Å²) in [4.78, 5) is 39.8. The van der Waals surface area contributed by atoms with Gasteiger partial charge >= 0.3 is 18.0 Å². The van der Waals surface area contributed by atoms with Crippen LogP contribution in [0.4, 0.5) is 21.0 Å². The molecule has 8 nitrogen and oxygen atoms in total. The highest BCUT2D eigenvalue weighted by molar-refractivity contribution is 6.42. The van der Waals surface area contributed by atoms with Gasteiger partial charge in [0, 0.05) is 23.6 Å². The number of hydrogen-bond donors (Lipinski definition) is 3. The van der Waals surface area contributed by atoms with Gasteiger partial charge in [-0.15, -0.1) is 0 Å². The number of halogens is 2. The lowest BCUT2D eigenvalue weighted by Crippen LogP contribution is -2.48. The van der Waals surface area contributed by atoms with Crippen molar-refractivity contribution in [2.24, 2.45) is 5.92 Å². The molecule has 0 fully saturated rings. The van der Waals surface area contributed by atoms with Crippen molar-refractivity contribution in [3.8, 4) is 0 Å². The smallest absolute Gasteiger partial charge is 0.338 e. The van der Waals surface area contributed by atoms with Crippen LogP contribution in [0, 0.1) is 5.92 Å². The maximum Gasteiger partial charge on any atom is 0.338 e. The quantitative estimate of drug-likeness (QED) is 0.334. The van der Waals surface area contributed by atoms with Crippen molar-refractivity contribution >= 4 is 52.6 Å². The van der Waals surface area contributed by atoms with Gasteiger partial charge in [0.25, 0.3) is 0 Å². The SMILES string of the molecule is CCCN1C(=O)N[C@H](c2ccc(NC(=O)Nc3ccc(Cl)c(Cl)c3)cc2)C(C(=O)OCC(C)C)=C1C. The second-order valence-corrected chi connectivity index (χ2v) is 9.67. The Balaban J connectivity index is 1.79. The summed E-state index contributed by atoms with van der Waals surface area (Å²) in [5, 5.41) is 9.07. The van der Waals surface area contributed by atoms with Crippen LogP contribution in [0.15, 0.2) is 53.7 Å². The molecule has 2 aromatic rings. The lowest BCUT2D eigenvalue weighted by Gasteiger charge is -2.35. The Morgan fingerprint density at radius 1 is 1.06 bits per heavy atom. The predicted molar refractivity (Wildman–Crippen MR) is 142 cm³/mol. The van der Waals surface area contributed by atoms with Crippen LogP contribution in [0.5, 0.6) is 0 Å². The molecule has 0 bridgehead atoms. The molecule has 0 unspecified atom stereocenters. The molecule has 0 saturated heterocycles. The van der Waals surface area contributed by atoms with E-state index >= 15 is 0 Å². The topological polar surface area (TPSA) is 99.8 Å². The van der Waals surface area contributed by atoms with E-state index in [-0.39, 0.29) is 18.6 Å². The van der Waals surface area contributed by atoms with Crippen LogP contribution in [0.3, 0.4) is 0 Å². The molecule has 2 aromatic carbocycles. The number of ether oxygens (including phenoxy) is 1. The van der Waals surface area contributed by atoms with Gasteiger partial charge in [0.15, 0.2) is 0 Å². The summed E-state index contributed by atoms with van der Waals surface area (Å²) in [6.07, 6.45) is 0.744. The van der Waals surface area contributed by atoms with E-state index in [1.54, 1.807) is 54.3 Å². The number of urea groups is 2. The average Bonchev–Trinajstić information content (AvgIpc) is 2.82. The fraction of sp³-hybridized carbons (Fsp3) is 0.346. The number of carbonyl (C=O) groups excluding carboxylic acids is 3. The van der Waals surface area contributed by atoms with Crippen molar-refractivity contribution < 1.29 is 19.1 Å². The van der Waals surface area contributed by atoms with Gasteiger partial charge < -0.3 is 20.7 Å². The highest BCUT2D eigenvalue weighted by Gasteiger charge is 2.36. The maximum absolute atomic E-state index is 13.0. The number of allylic oxidation sites excluding steroid dienone is 1. The van der Waals surface area contributed by atoms with Crippen LogP contribution < -0.4 is 16.0 Å². The molecule has 1 aliphatic rings. The van der Waals surface area contributed by atoms with E-state index in [1.807, 2.05) is 20.8 Å². The number of nitrogens with one attached hydrogen (secondary N) is 3. The van der Waals surface area contributed by atoms with E-state index in [9.17, 15) is 14.4 Å². The molecule has 36 heavy (non-hydrogen) atoms. The average molecular weight is 533 g/mol. The Hall–Kier alpha value is -3.23. The molecule has 10 heteroatoms. The molecule has 0 aliphatic carbocycles. The summed E-state index contributed by atoms with van der Waals surface area (Å²) < 4.78 is 5.52. The van der Waals surface area contributed by atoms with Gasteiger partial charge in [-0.3, -0.25) is 4.90 Å². The van der Waals surface area contributed by atoms with E-state index < -0.39 is 18.0 Å². The summed E-state index contributed by atoms with van der Waals surface area (Å²) in [6.45, 7) is 8.41. The van der Waals surface area contributed by atoms with E-state index in [0.717, 1.165) is 6.42 Å².